The van der Waals surface area contributed by atoms with Gasteiger partial charge in [-0.25, -0.2) is 0 Å². The van der Waals surface area contributed by atoms with Gasteiger partial charge in [-0.05, 0) is 82.7 Å². The Labute approximate surface area is 219 Å². The molecule has 4 nitrogen and oxygen atoms in total. The van der Waals surface area contributed by atoms with Crippen molar-refractivity contribution in [1.82, 2.24) is 0 Å². The zero-order chi connectivity index (χ0) is 25.8. The predicted molar refractivity (Wildman–Crippen MR) is 150 cm³/mol. The molecule has 0 amide bonds. The topological polar surface area (TPSA) is 36.9 Å². The maximum Gasteiger partial charge on any atom is 0.165 e. The van der Waals surface area contributed by atoms with Gasteiger partial charge in [-0.3, -0.25) is 0 Å². The summed E-state index contributed by atoms with van der Waals surface area (Å²) in [6.07, 6.45) is 13.7. The van der Waals surface area contributed by atoms with Crippen LogP contribution in [0.5, 0.6) is 11.5 Å². The molecule has 0 radical (unpaired) electrons. The highest BCUT2D eigenvalue weighted by Crippen LogP contribution is 2.34. The quantitative estimate of drug-likeness (QED) is 0.347. The molecule has 2 aliphatic carbocycles. The molecular weight excluding hydrogens is 460 g/mol. The molecule has 0 spiro atoms. The SMILES string of the molecule is C=Cc1ccc(OC2C=CC(c3ccc(OC4=CC5=C(CC4)COOC5=C)cc3)=CC2)cc1C(=C)CC. The molecule has 0 bridgehead atoms. The molecular formula is C33H32O4. The lowest BCUT2D eigenvalue weighted by Crippen LogP contribution is -2.15. The van der Waals surface area contributed by atoms with Crippen LogP contribution in [-0.2, 0) is 9.78 Å². The van der Waals surface area contributed by atoms with Crippen LogP contribution in [0.3, 0.4) is 0 Å². The lowest BCUT2D eigenvalue weighted by Gasteiger charge is -2.24. The molecule has 5 rings (SSSR count). The molecule has 2 aromatic carbocycles. The van der Waals surface area contributed by atoms with Crippen LogP contribution in [0.4, 0.5) is 0 Å². The number of hydrogen-bond acceptors (Lipinski definition) is 4. The number of allylic oxidation sites excluding steroid dienone is 5. The first-order chi connectivity index (χ1) is 18.0. The summed E-state index contributed by atoms with van der Waals surface area (Å²) in [5.41, 5.74) is 7.78. The zero-order valence-corrected chi connectivity index (χ0v) is 21.3. The van der Waals surface area contributed by atoms with Gasteiger partial charge in [-0.15, -0.1) is 0 Å². The molecule has 188 valence electrons. The van der Waals surface area contributed by atoms with Crippen molar-refractivity contribution in [2.45, 2.75) is 38.7 Å². The number of hydrogen-bond donors (Lipinski definition) is 0. The number of rotatable bonds is 8. The van der Waals surface area contributed by atoms with Gasteiger partial charge in [0.25, 0.3) is 0 Å². The van der Waals surface area contributed by atoms with Crippen LogP contribution in [0.25, 0.3) is 17.2 Å². The minimum absolute atomic E-state index is 0.00923. The smallest absolute Gasteiger partial charge is 0.165 e. The van der Waals surface area contributed by atoms with E-state index in [1.807, 2.05) is 36.4 Å². The van der Waals surface area contributed by atoms with E-state index in [0.717, 1.165) is 70.8 Å². The number of ether oxygens (including phenoxy) is 2. The first-order valence-corrected chi connectivity index (χ1v) is 12.7. The maximum absolute atomic E-state index is 6.26. The second kappa shape index (κ2) is 10.9. The summed E-state index contributed by atoms with van der Waals surface area (Å²) >= 11 is 0. The summed E-state index contributed by atoms with van der Waals surface area (Å²) in [5.74, 6) is 3.10. The molecule has 0 N–H and O–H groups in total. The fraction of sp³-hybridized carbons (Fsp3) is 0.212. The van der Waals surface area contributed by atoms with Crippen molar-refractivity contribution in [3.63, 3.8) is 0 Å². The monoisotopic (exact) mass is 492 g/mol. The van der Waals surface area contributed by atoms with E-state index in [2.05, 4.69) is 63.1 Å². The van der Waals surface area contributed by atoms with Crippen LogP contribution < -0.4 is 9.47 Å². The van der Waals surface area contributed by atoms with Gasteiger partial charge in [0.05, 0.1) is 0 Å². The summed E-state index contributed by atoms with van der Waals surface area (Å²) < 4.78 is 12.4. The van der Waals surface area contributed by atoms with E-state index in [1.54, 1.807) is 0 Å². The fourth-order valence-corrected chi connectivity index (χ4v) is 4.70. The first-order valence-electron chi connectivity index (χ1n) is 12.7. The van der Waals surface area contributed by atoms with Gasteiger partial charge >= 0.3 is 0 Å². The highest BCUT2D eigenvalue weighted by Gasteiger charge is 2.22. The third kappa shape index (κ3) is 5.55. The van der Waals surface area contributed by atoms with E-state index < -0.39 is 0 Å². The van der Waals surface area contributed by atoms with Gasteiger partial charge < -0.3 is 14.4 Å². The average Bonchev–Trinajstić information content (AvgIpc) is 2.94. The van der Waals surface area contributed by atoms with Crippen molar-refractivity contribution in [1.29, 1.82) is 0 Å². The Balaban J connectivity index is 1.21. The first kappa shape index (κ1) is 24.7. The van der Waals surface area contributed by atoms with Gasteiger partial charge in [-0.2, -0.15) is 4.89 Å². The Hall–Kier alpha value is -4.02. The zero-order valence-electron chi connectivity index (χ0n) is 21.3. The lowest BCUT2D eigenvalue weighted by atomic mass is 9.95. The molecule has 2 aromatic rings. The molecule has 1 atom stereocenters. The Morgan fingerprint density at radius 1 is 1.11 bits per heavy atom. The van der Waals surface area contributed by atoms with Crippen molar-refractivity contribution in [2.24, 2.45) is 0 Å². The molecule has 0 saturated carbocycles. The van der Waals surface area contributed by atoms with E-state index in [-0.39, 0.29) is 6.10 Å². The second-order valence-electron chi connectivity index (χ2n) is 9.34. The van der Waals surface area contributed by atoms with Crippen LogP contribution in [-0.4, -0.2) is 12.7 Å². The Kier molecular flexibility index (Phi) is 7.29. The minimum atomic E-state index is -0.00923. The second-order valence-corrected chi connectivity index (χ2v) is 9.34. The third-order valence-corrected chi connectivity index (χ3v) is 6.89. The predicted octanol–water partition coefficient (Wildman–Crippen LogP) is 8.37. The van der Waals surface area contributed by atoms with Crippen molar-refractivity contribution in [3.8, 4) is 11.5 Å². The fourth-order valence-electron chi connectivity index (χ4n) is 4.70. The van der Waals surface area contributed by atoms with Gasteiger partial charge in [0.1, 0.15) is 30.0 Å². The van der Waals surface area contributed by atoms with E-state index in [9.17, 15) is 0 Å². The molecule has 0 fully saturated rings. The summed E-state index contributed by atoms with van der Waals surface area (Å²) in [6, 6.07) is 14.3. The van der Waals surface area contributed by atoms with Gasteiger partial charge in [0.15, 0.2) is 5.76 Å². The van der Waals surface area contributed by atoms with E-state index in [0.29, 0.717) is 12.4 Å². The summed E-state index contributed by atoms with van der Waals surface area (Å²) in [4.78, 5) is 10.2. The molecule has 1 heterocycles. The molecule has 0 saturated heterocycles. The number of benzene rings is 2. The highest BCUT2D eigenvalue weighted by atomic mass is 17.2. The Morgan fingerprint density at radius 2 is 1.92 bits per heavy atom. The molecule has 4 heteroatoms. The van der Waals surface area contributed by atoms with Crippen LogP contribution in [0, 0.1) is 0 Å². The van der Waals surface area contributed by atoms with E-state index in [1.165, 1.54) is 11.1 Å². The molecule has 37 heavy (non-hydrogen) atoms. The molecule has 3 aliphatic rings. The summed E-state index contributed by atoms with van der Waals surface area (Å²) in [7, 11) is 0. The van der Waals surface area contributed by atoms with Gasteiger partial charge in [0, 0.05) is 18.4 Å². The largest absolute Gasteiger partial charge is 0.486 e. The van der Waals surface area contributed by atoms with E-state index >= 15 is 0 Å². The Morgan fingerprint density at radius 3 is 2.65 bits per heavy atom. The standard InChI is InChI=1S/C33H32O4/c1-5-22(3)32-19-30(17-7-24(32)6-2)35-28-13-8-25(9-14-28)26-10-15-29(16-11-26)36-31-18-12-27-21-34-37-23(4)33(27)20-31/h6-11,13,15-17,19-20,28H,2-5,12,14,18,21H2,1H3. The van der Waals surface area contributed by atoms with Crippen molar-refractivity contribution in [3.05, 3.63) is 126 Å². The van der Waals surface area contributed by atoms with Gasteiger partial charge in [0.2, 0.25) is 0 Å². The van der Waals surface area contributed by atoms with Crippen molar-refractivity contribution >= 4 is 17.2 Å². The normalized spacial score (nSPS) is 18.8. The van der Waals surface area contributed by atoms with Crippen LogP contribution >= 0.6 is 0 Å². The molecule has 1 unspecified atom stereocenters. The maximum atomic E-state index is 6.26. The highest BCUT2D eigenvalue weighted by molar-refractivity contribution is 5.76. The van der Waals surface area contributed by atoms with Crippen molar-refractivity contribution in [2.75, 3.05) is 6.61 Å². The molecule has 0 aromatic heterocycles. The average molecular weight is 493 g/mol. The minimum Gasteiger partial charge on any atom is -0.486 e. The summed E-state index contributed by atoms with van der Waals surface area (Å²) in [6.45, 7) is 14.6. The van der Waals surface area contributed by atoms with Gasteiger partial charge in [-0.1, -0.05) is 63.1 Å². The Bertz CT molecular complexity index is 1350. The lowest BCUT2D eigenvalue weighted by molar-refractivity contribution is -0.257. The van der Waals surface area contributed by atoms with Crippen LogP contribution in [0.15, 0.2) is 109 Å². The third-order valence-electron chi connectivity index (χ3n) is 6.89. The van der Waals surface area contributed by atoms with E-state index in [4.69, 9.17) is 19.2 Å². The van der Waals surface area contributed by atoms with Crippen LogP contribution in [0.1, 0.15) is 49.3 Å². The van der Waals surface area contributed by atoms with Crippen LogP contribution in [0.2, 0.25) is 0 Å². The molecule has 1 aliphatic heterocycles. The van der Waals surface area contributed by atoms with Crippen molar-refractivity contribution < 1.29 is 19.2 Å². The summed E-state index contributed by atoms with van der Waals surface area (Å²) in [5, 5.41) is 0.